The summed E-state index contributed by atoms with van der Waals surface area (Å²) >= 11 is 5.29. The fourth-order valence-corrected chi connectivity index (χ4v) is 2.15. The summed E-state index contributed by atoms with van der Waals surface area (Å²) in [6, 6.07) is 9.73. The number of methoxy groups -OCH3 is 1. The number of H-pyrrole nitrogens is 2. The quantitative estimate of drug-likeness (QED) is 0.711. The summed E-state index contributed by atoms with van der Waals surface area (Å²) in [5, 5.41) is 3.15. The summed E-state index contributed by atoms with van der Waals surface area (Å²) in [6.07, 6.45) is 0. The van der Waals surface area contributed by atoms with Crippen LogP contribution in [0.25, 0.3) is 17.0 Å². The lowest BCUT2D eigenvalue weighted by Gasteiger charge is -1.97. The standard InChI is InChI=1S/C12H12N4OS/c1-17-7-8-6-11(18)16(15-8)12-13-9-4-2-3-5-10(9)14-12/h2-6,15H,7H2,1H3,(H,13,14). The Bertz CT molecular complexity index is 707. The summed E-state index contributed by atoms with van der Waals surface area (Å²) < 4.78 is 7.48. The molecule has 5 nitrogen and oxygen atoms in total. The Morgan fingerprint density at radius 2 is 2.22 bits per heavy atom. The predicted octanol–water partition coefficient (Wildman–Crippen LogP) is 2.56. The van der Waals surface area contributed by atoms with Gasteiger partial charge in [-0.3, -0.25) is 5.10 Å². The average molecular weight is 260 g/mol. The highest BCUT2D eigenvalue weighted by atomic mass is 32.1. The van der Waals surface area contributed by atoms with Crippen LogP contribution >= 0.6 is 12.2 Å². The van der Waals surface area contributed by atoms with Gasteiger partial charge in [0.2, 0.25) is 5.95 Å². The Hall–Kier alpha value is -1.92. The minimum absolute atomic E-state index is 0.497. The van der Waals surface area contributed by atoms with E-state index in [2.05, 4.69) is 15.1 Å². The fourth-order valence-electron chi connectivity index (χ4n) is 1.88. The van der Waals surface area contributed by atoms with Gasteiger partial charge in [-0.2, -0.15) is 0 Å². The number of rotatable bonds is 3. The normalized spacial score (nSPS) is 11.2. The first-order chi connectivity index (χ1) is 8.78. The van der Waals surface area contributed by atoms with E-state index in [1.807, 2.05) is 30.3 Å². The van der Waals surface area contributed by atoms with E-state index in [1.54, 1.807) is 11.8 Å². The van der Waals surface area contributed by atoms with E-state index >= 15 is 0 Å². The van der Waals surface area contributed by atoms with Crippen molar-refractivity contribution in [2.24, 2.45) is 0 Å². The Morgan fingerprint density at radius 3 is 3.00 bits per heavy atom. The van der Waals surface area contributed by atoms with Crippen LogP contribution in [-0.2, 0) is 11.3 Å². The number of benzene rings is 1. The lowest BCUT2D eigenvalue weighted by molar-refractivity contribution is 0.181. The summed E-state index contributed by atoms with van der Waals surface area (Å²) in [5.41, 5.74) is 2.82. The molecule has 0 aliphatic rings. The van der Waals surface area contributed by atoms with E-state index in [0.717, 1.165) is 16.7 Å². The Morgan fingerprint density at radius 1 is 1.39 bits per heavy atom. The van der Waals surface area contributed by atoms with Crippen LogP contribution < -0.4 is 0 Å². The van der Waals surface area contributed by atoms with Crippen LogP contribution in [0, 0.1) is 4.64 Å². The van der Waals surface area contributed by atoms with Crippen molar-refractivity contribution >= 4 is 23.3 Å². The van der Waals surface area contributed by atoms with Gasteiger partial charge in [0, 0.05) is 7.11 Å². The molecular formula is C12H12N4OS. The first kappa shape index (κ1) is 11.2. The number of fused-ring (bicyclic) bond motifs is 1. The third-order valence-corrected chi connectivity index (χ3v) is 2.96. The maximum Gasteiger partial charge on any atom is 0.228 e. The molecule has 0 aliphatic carbocycles. The molecule has 0 bridgehead atoms. The van der Waals surface area contributed by atoms with Crippen LogP contribution in [0.3, 0.4) is 0 Å². The monoisotopic (exact) mass is 260 g/mol. The second-order valence-electron chi connectivity index (χ2n) is 3.97. The van der Waals surface area contributed by atoms with Gasteiger partial charge in [0.05, 0.1) is 23.3 Å². The van der Waals surface area contributed by atoms with Crippen molar-refractivity contribution in [1.82, 2.24) is 19.7 Å². The Balaban J connectivity index is 2.11. The highest BCUT2D eigenvalue weighted by Gasteiger charge is 2.07. The van der Waals surface area contributed by atoms with Crippen LogP contribution in [0.2, 0.25) is 0 Å². The fraction of sp³-hybridized carbons (Fsp3) is 0.167. The van der Waals surface area contributed by atoms with Crippen molar-refractivity contribution in [2.75, 3.05) is 7.11 Å². The van der Waals surface area contributed by atoms with Gasteiger partial charge < -0.3 is 9.72 Å². The predicted molar refractivity (Wildman–Crippen MR) is 71.3 cm³/mol. The summed E-state index contributed by atoms with van der Waals surface area (Å²) in [5.74, 6) is 0.684. The van der Waals surface area contributed by atoms with E-state index in [1.165, 1.54) is 0 Å². The molecule has 2 N–H and O–H groups in total. The van der Waals surface area contributed by atoms with Crippen molar-refractivity contribution in [3.05, 3.63) is 40.7 Å². The first-order valence-corrected chi connectivity index (χ1v) is 5.94. The van der Waals surface area contributed by atoms with E-state index in [9.17, 15) is 0 Å². The van der Waals surface area contributed by atoms with Crippen LogP contribution in [-0.4, -0.2) is 26.9 Å². The van der Waals surface area contributed by atoms with Crippen molar-refractivity contribution in [3.8, 4) is 5.95 Å². The zero-order valence-electron chi connectivity index (χ0n) is 9.80. The van der Waals surface area contributed by atoms with Gasteiger partial charge in [-0.25, -0.2) is 9.67 Å². The summed E-state index contributed by atoms with van der Waals surface area (Å²) in [7, 11) is 1.65. The SMILES string of the molecule is COCc1cc(=S)n(-c2nc3ccccc3[nH]2)[nH]1. The molecule has 1 aromatic carbocycles. The van der Waals surface area contributed by atoms with Crippen molar-refractivity contribution in [1.29, 1.82) is 0 Å². The lowest BCUT2D eigenvalue weighted by atomic mass is 10.3. The van der Waals surface area contributed by atoms with Crippen LogP contribution in [0.4, 0.5) is 0 Å². The molecule has 0 atom stereocenters. The van der Waals surface area contributed by atoms with E-state index in [0.29, 0.717) is 17.2 Å². The largest absolute Gasteiger partial charge is 0.378 e. The average Bonchev–Trinajstić information content (AvgIpc) is 2.92. The van der Waals surface area contributed by atoms with E-state index in [-0.39, 0.29) is 0 Å². The molecule has 0 saturated heterocycles. The van der Waals surface area contributed by atoms with Gasteiger partial charge in [-0.1, -0.05) is 24.4 Å². The lowest BCUT2D eigenvalue weighted by Crippen LogP contribution is -2.00. The molecule has 18 heavy (non-hydrogen) atoms. The zero-order chi connectivity index (χ0) is 12.5. The molecule has 0 saturated carbocycles. The maximum absolute atomic E-state index is 5.29. The number of hydrogen-bond donors (Lipinski definition) is 2. The van der Waals surface area contributed by atoms with Gasteiger partial charge in [-0.15, -0.1) is 0 Å². The van der Waals surface area contributed by atoms with Gasteiger partial charge in [-0.05, 0) is 18.2 Å². The number of nitrogens with zero attached hydrogens (tertiary/aromatic N) is 2. The number of aromatic nitrogens is 4. The number of nitrogens with one attached hydrogen (secondary N) is 2. The molecule has 6 heteroatoms. The molecule has 0 aliphatic heterocycles. The van der Waals surface area contributed by atoms with E-state index < -0.39 is 0 Å². The molecule has 2 aromatic heterocycles. The summed E-state index contributed by atoms with van der Waals surface area (Å²) in [4.78, 5) is 7.71. The van der Waals surface area contributed by atoms with Crippen molar-refractivity contribution in [3.63, 3.8) is 0 Å². The number of para-hydroxylation sites is 2. The minimum Gasteiger partial charge on any atom is -0.378 e. The van der Waals surface area contributed by atoms with Gasteiger partial charge >= 0.3 is 0 Å². The number of aromatic amines is 2. The second-order valence-corrected chi connectivity index (χ2v) is 4.38. The molecule has 0 radical (unpaired) electrons. The minimum atomic E-state index is 0.497. The smallest absolute Gasteiger partial charge is 0.228 e. The van der Waals surface area contributed by atoms with Crippen molar-refractivity contribution in [2.45, 2.75) is 6.61 Å². The number of imidazole rings is 1. The van der Waals surface area contributed by atoms with Crippen molar-refractivity contribution < 1.29 is 4.74 Å². The van der Waals surface area contributed by atoms with Gasteiger partial charge in [0.1, 0.15) is 4.64 Å². The third kappa shape index (κ3) is 1.85. The van der Waals surface area contributed by atoms with E-state index in [4.69, 9.17) is 17.0 Å². The zero-order valence-corrected chi connectivity index (χ0v) is 10.6. The molecule has 0 amide bonds. The molecule has 0 fully saturated rings. The number of hydrogen-bond acceptors (Lipinski definition) is 3. The highest BCUT2D eigenvalue weighted by molar-refractivity contribution is 7.71. The third-order valence-electron chi connectivity index (χ3n) is 2.66. The molecule has 0 unspecified atom stereocenters. The highest BCUT2D eigenvalue weighted by Crippen LogP contribution is 2.14. The Labute approximate surface area is 108 Å². The van der Waals surface area contributed by atoms with Crippen LogP contribution in [0.5, 0.6) is 0 Å². The topological polar surface area (TPSA) is 58.6 Å². The molecule has 3 aromatic rings. The number of ether oxygens (including phenoxy) is 1. The Kier molecular flexibility index (Phi) is 2.73. The molecule has 2 heterocycles. The molecule has 92 valence electrons. The van der Waals surface area contributed by atoms with Gasteiger partial charge in [0.25, 0.3) is 0 Å². The van der Waals surface area contributed by atoms with Crippen LogP contribution in [0.15, 0.2) is 30.3 Å². The molecule has 0 spiro atoms. The molecular weight excluding hydrogens is 248 g/mol. The first-order valence-electron chi connectivity index (χ1n) is 5.53. The van der Waals surface area contributed by atoms with Crippen LogP contribution in [0.1, 0.15) is 5.69 Å². The second kappa shape index (κ2) is 4.40. The summed E-state index contributed by atoms with van der Waals surface area (Å²) in [6.45, 7) is 0.497. The maximum atomic E-state index is 5.29. The molecule has 3 rings (SSSR count). The van der Waals surface area contributed by atoms with Gasteiger partial charge in [0.15, 0.2) is 0 Å².